The molecule has 4 rings (SSSR count). The molecule has 3 atom stereocenters. The zero-order valence-electron chi connectivity index (χ0n) is 15.6. The number of amides is 1. The average Bonchev–Trinajstić information content (AvgIpc) is 3.21. The van der Waals surface area contributed by atoms with Gasteiger partial charge in [-0.25, -0.2) is 9.85 Å². The summed E-state index contributed by atoms with van der Waals surface area (Å²) in [6.45, 7) is 0. The van der Waals surface area contributed by atoms with Gasteiger partial charge in [0, 0.05) is 12.7 Å². The van der Waals surface area contributed by atoms with E-state index in [0.29, 0.717) is 17.1 Å². The van der Waals surface area contributed by atoms with Crippen LogP contribution in [-0.2, 0) is 24.2 Å². The molecule has 2 aliphatic rings. The van der Waals surface area contributed by atoms with Gasteiger partial charge in [-0.2, -0.15) is 4.89 Å². The Kier molecular flexibility index (Phi) is 5.16. The molecule has 2 aliphatic heterocycles. The van der Waals surface area contributed by atoms with Crippen LogP contribution in [0, 0.1) is 0 Å². The van der Waals surface area contributed by atoms with E-state index in [4.69, 9.17) is 28.9 Å². The molecule has 3 unspecified atom stereocenters. The van der Waals surface area contributed by atoms with Crippen LogP contribution < -0.4 is 9.47 Å². The molecule has 9 heteroatoms. The summed E-state index contributed by atoms with van der Waals surface area (Å²) >= 11 is 0. The highest BCUT2D eigenvalue weighted by molar-refractivity contribution is 5.88. The molecule has 0 aromatic heterocycles. The standard InChI is InChI=1S/C19H20N2O7/c1-23-14-8-4-12(5-9-14)16-17(25-3)18(22)20(16)21-26-19(27-28-21)13-6-10-15(24-2)11-7-13/h4-11,16-17,19H,1-3H3. The minimum Gasteiger partial charge on any atom is -0.497 e. The number of hydrogen-bond acceptors (Lipinski definition) is 8. The normalized spacial score (nSPS) is 24.9. The topological polar surface area (TPSA) is 78.9 Å². The Labute approximate surface area is 161 Å². The third-order valence-electron chi connectivity index (χ3n) is 4.67. The van der Waals surface area contributed by atoms with Crippen LogP contribution in [0.5, 0.6) is 11.5 Å². The first-order valence-corrected chi connectivity index (χ1v) is 8.60. The lowest BCUT2D eigenvalue weighted by atomic mass is 9.92. The van der Waals surface area contributed by atoms with Crippen LogP contribution in [0.1, 0.15) is 23.5 Å². The van der Waals surface area contributed by atoms with Gasteiger partial charge in [-0.15, -0.1) is 0 Å². The summed E-state index contributed by atoms with van der Waals surface area (Å²) in [5.41, 5.74) is 1.55. The van der Waals surface area contributed by atoms with Gasteiger partial charge < -0.3 is 14.2 Å². The van der Waals surface area contributed by atoms with Crippen molar-refractivity contribution in [2.45, 2.75) is 18.4 Å². The Morgan fingerprint density at radius 1 is 0.857 bits per heavy atom. The first-order chi connectivity index (χ1) is 13.7. The smallest absolute Gasteiger partial charge is 0.272 e. The number of methoxy groups -OCH3 is 3. The Hall–Kier alpha value is -2.69. The zero-order valence-corrected chi connectivity index (χ0v) is 15.6. The number of carbonyl (C=O) groups excluding carboxylic acids is 1. The van der Waals surface area contributed by atoms with Gasteiger partial charge in [0.15, 0.2) is 6.10 Å². The van der Waals surface area contributed by atoms with Gasteiger partial charge in [-0.1, -0.05) is 29.3 Å². The number of rotatable bonds is 6. The molecule has 2 heterocycles. The Morgan fingerprint density at radius 2 is 1.43 bits per heavy atom. The van der Waals surface area contributed by atoms with Crippen molar-refractivity contribution >= 4 is 5.91 Å². The number of benzene rings is 2. The van der Waals surface area contributed by atoms with Gasteiger partial charge in [-0.05, 0) is 29.8 Å². The quantitative estimate of drug-likeness (QED) is 0.551. The number of ether oxygens (including phenoxy) is 3. The summed E-state index contributed by atoms with van der Waals surface area (Å²) in [7, 11) is 4.66. The van der Waals surface area contributed by atoms with E-state index < -0.39 is 18.4 Å². The van der Waals surface area contributed by atoms with Crippen molar-refractivity contribution in [1.29, 1.82) is 0 Å². The summed E-state index contributed by atoms with van der Waals surface area (Å²) in [4.78, 5) is 28.5. The van der Waals surface area contributed by atoms with Gasteiger partial charge in [0.05, 0.1) is 19.6 Å². The average molecular weight is 388 g/mol. The summed E-state index contributed by atoms with van der Waals surface area (Å²) < 4.78 is 15.7. The highest BCUT2D eigenvalue weighted by atomic mass is 17.4. The molecule has 0 N–H and O–H groups in total. The van der Waals surface area contributed by atoms with Crippen molar-refractivity contribution in [2.75, 3.05) is 21.3 Å². The van der Waals surface area contributed by atoms with E-state index in [1.807, 2.05) is 24.3 Å². The molecule has 0 bridgehead atoms. The fourth-order valence-electron chi connectivity index (χ4n) is 3.13. The summed E-state index contributed by atoms with van der Waals surface area (Å²) in [6, 6.07) is 14.0. The van der Waals surface area contributed by atoms with E-state index in [-0.39, 0.29) is 5.91 Å². The Balaban J connectivity index is 1.50. The maximum absolute atomic E-state index is 12.5. The molecule has 2 aromatic carbocycles. The van der Waals surface area contributed by atoms with Gasteiger partial charge in [0.25, 0.3) is 5.91 Å². The lowest BCUT2D eigenvalue weighted by Crippen LogP contribution is -2.64. The molecule has 148 valence electrons. The summed E-state index contributed by atoms with van der Waals surface area (Å²) in [5.74, 6) is 1.12. The van der Waals surface area contributed by atoms with Crippen molar-refractivity contribution in [2.24, 2.45) is 0 Å². The third-order valence-corrected chi connectivity index (χ3v) is 4.67. The SMILES string of the molecule is COc1ccc(C2OON(N3C(=O)C(OC)C3c3ccc(OC)cc3)O2)cc1. The molecule has 0 spiro atoms. The first kappa shape index (κ1) is 18.7. The van der Waals surface area contributed by atoms with Crippen molar-refractivity contribution in [3.63, 3.8) is 0 Å². The molecular weight excluding hydrogens is 368 g/mol. The van der Waals surface area contributed by atoms with Gasteiger partial charge in [0.2, 0.25) is 6.29 Å². The van der Waals surface area contributed by atoms with Crippen LogP contribution in [-0.4, -0.2) is 43.7 Å². The second-order valence-corrected chi connectivity index (χ2v) is 6.18. The maximum Gasteiger partial charge on any atom is 0.272 e. The fourth-order valence-corrected chi connectivity index (χ4v) is 3.13. The van der Waals surface area contributed by atoms with E-state index in [1.165, 1.54) is 12.1 Å². The number of hydrazine groups is 1. The zero-order chi connectivity index (χ0) is 19.7. The highest BCUT2D eigenvalue weighted by Crippen LogP contribution is 2.42. The van der Waals surface area contributed by atoms with Crippen molar-refractivity contribution in [3.8, 4) is 11.5 Å². The predicted molar refractivity (Wildman–Crippen MR) is 94.2 cm³/mol. The Bertz CT molecular complexity index is 827. The van der Waals surface area contributed by atoms with E-state index in [0.717, 1.165) is 10.9 Å². The van der Waals surface area contributed by atoms with Crippen LogP contribution in [0.3, 0.4) is 0 Å². The largest absolute Gasteiger partial charge is 0.497 e. The van der Waals surface area contributed by atoms with E-state index in [2.05, 4.69) is 0 Å². The van der Waals surface area contributed by atoms with Crippen molar-refractivity contribution in [3.05, 3.63) is 59.7 Å². The maximum atomic E-state index is 12.5. The summed E-state index contributed by atoms with van der Waals surface area (Å²) in [5, 5.41) is 2.25. The van der Waals surface area contributed by atoms with Crippen LogP contribution in [0.25, 0.3) is 0 Å². The Morgan fingerprint density at radius 3 is 1.96 bits per heavy atom. The second kappa shape index (κ2) is 7.74. The monoisotopic (exact) mass is 388 g/mol. The molecule has 9 nitrogen and oxygen atoms in total. The molecule has 0 saturated carbocycles. The van der Waals surface area contributed by atoms with E-state index in [1.54, 1.807) is 38.5 Å². The first-order valence-electron chi connectivity index (χ1n) is 8.60. The molecule has 0 radical (unpaired) electrons. The lowest BCUT2D eigenvalue weighted by molar-refractivity contribution is -0.492. The third kappa shape index (κ3) is 3.19. The van der Waals surface area contributed by atoms with Crippen molar-refractivity contribution in [1.82, 2.24) is 10.3 Å². The summed E-state index contributed by atoms with van der Waals surface area (Å²) in [6.07, 6.45) is -1.47. The molecule has 28 heavy (non-hydrogen) atoms. The minimum absolute atomic E-state index is 0.303. The molecule has 2 fully saturated rings. The van der Waals surface area contributed by atoms with Crippen LogP contribution >= 0.6 is 0 Å². The molecule has 2 saturated heterocycles. The van der Waals surface area contributed by atoms with Crippen LogP contribution in [0.2, 0.25) is 0 Å². The van der Waals surface area contributed by atoms with Crippen molar-refractivity contribution < 1.29 is 33.7 Å². The molecule has 1 amide bonds. The lowest BCUT2D eigenvalue weighted by Gasteiger charge is -2.46. The number of hydrogen-bond donors (Lipinski definition) is 0. The fraction of sp³-hybridized carbons (Fsp3) is 0.316. The minimum atomic E-state index is -0.822. The predicted octanol–water partition coefficient (Wildman–Crippen LogP) is 2.33. The number of nitrogens with zero attached hydrogens (tertiary/aromatic N) is 2. The van der Waals surface area contributed by atoms with Gasteiger partial charge in [-0.3, -0.25) is 4.79 Å². The van der Waals surface area contributed by atoms with E-state index in [9.17, 15) is 4.79 Å². The molecular formula is C19H20N2O7. The van der Waals surface area contributed by atoms with Crippen LogP contribution in [0.15, 0.2) is 48.5 Å². The molecule has 2 aromatic rings. The van der Waals surface area contributed by atoms with E-state index >= 15 is 0 Å². The van der Waals surface area contributed by atoms with Crippen LogP contribution in [0.4, 0.5) is 0 Å². The van der Waals surface area contributed by atoms with Gasteiger partial charge in [0.1, 0.15) is 17.5 Å². The van der Waals surface area contributed by atoms with Gasteiger partial charge >= 0.3 is 0 Å². The second-order valence-electron chi connectivity index (χ2n) is 6.18. The number of carbonyl (C=O) groups is 1. The number of β-lactam (4-membered cyclic amide) rings is 1. The highest BCUT2D eigenvalue weighted by Gasteiger charge is 2.55. The molecule has 0 aliphatic carbocycles.